The minimum Gasteiger partial charge on any atom is -0.226 e. The smallest absolute Gasteiger partial charge is 0.226 e. The van der Waals surface area contributed by atoms with Gasteiger partial charge in [0.1, 0.15) is 0 Å². The Morgan fingerprint density at radius 3 is 0.531 bits per heavy atom. The fourth-order valence-electron chi connectivity index (χ4n) is 2.05. The third kappa shape index (κ3) is 2.58. The van der Waals surface area contributed by atoms with Crippen LogP contribution in [-0.4, -0.2) is 59.2 Å². The summed E-state index contributed by atoms with van der Waals surface area (Å²) in [5.41, 5.74) is 0. The van der Waals surface area contributed by atoms with Gasteiger partial charge in [-0.3, -0.25) is 0 Å². The Bertz CT molecular complexity index is 681. The molecule has 0 spiro atoms. The Balaban J connectivity index is 4.38. The topological polar surface area (TPSA) is 0 Å². The van der Waals surface area contributed by atoms with Crippen LogP contribution in [0.4, 0.5) is 92.2 Å². The number of hydrogen-bond donors (Lipinski definition) is 0. The monoisotopic (exact) mass is 531 g/mol. The highest BCUT2D eigenvalue weighted by Crippen LogP contribution is 2.69. The highest BCUT2D eigenvalue weighted by Gasteiger charge is 3.00. The first-order chi connectivity index (χ1) is 13.4. The minimum atomic E-state index is -9.07. The van der Waals surface area contributed by atoms with Gasteiger partial charge in [0.2, 0.25) is 0 Å². The fourth-order valence-corrected chi connectivity index (χ4v) is 2.05. The van der Waals surface area contributed by atoms with E-state index in [0.717, 1.165) is 0 Å². The molecule has 0 amide bonds. The van der Waals surface area contributed by atoms with Crippen LogP contribution in [0.5, 0.6) is 0 Å². The molecule has 0 bridgehead atoms. The Hall–Kier alpha value is -1.47. The molecule has 1 aliphatic rings. The summed E-state index contributed by atoms with van der Waals surface area (Å²) in [4.78, 5) is 0. The summed E-state index contributed by atoms with van der Waals surface area (Å²) in [6.45, 7) is 0. The zero-order chi connectivity index (χ0) is 26.6. The number of hydrogen-bond acceptors (Lipinski definition) is 0. The maximum Gasteiger partial charge on any atom is 0.385 e. The van der Waals surface area contributed by atoms with E-state index in [4.69, 9.17) is 0 Å². The molecule has 1 aliphatic carbocycles. The van der Waals surface area contributed by atoms with Crippen molar-refractivity contribution in [1.82, 2.24) is 0 Å². The van der Waals surface area contributed by atoms with Gasteiger partial charge in [0.25, 0.3) is 6.17 Å². The molecule has 32 heavy (non-hydrogen) atoms. The summed E-state index contributed by atoms with van der Waals surface area (Å²) in [5, 5.41) is 0. The summed E-state index contributed by atoms with van der Waals surface area (Å²) in [6, 6.07) is 0. The fraction of sp³-hybridized carbons (Fsp3) is 0.909. The molecular weight excluding hydrogens is 531 g/mol. The molecule has 0 unspecified atom stereocenters. The standard InChI is InChI=1S/C11F21/c12-1-2(13,14)4(17,18)6(21,22)8(25,26)10(29,30)11(31,32)9(27,28)7(23,24)5(19,20)3(1,15)16. The van der Waals surface area contributed by atoms with Crippen molar-refractivity contribution in [3.8, 4) is 0 Å². The van der Waals surface area contributed by atoms with Gasteiger partial charge in [-0.1, -0.05) is 0 Å². The molecule has 1 rings (SSSR count). The van der Waals surface area contributed by atoms with E-state index < -0.39 is 65.4 Å². The third-order valence-corrected chi connectivity index (χ3v) is 4.10. The van der Waals surface area contributed by atoms with Gasteiger partial charge in [0.15, 0.2) is 0 Å². The summed E-state index contributed by atoms with van der Waals surface area (Å²) in [7, 11) is 0. The van der Waals surface area contributed by atoms with Crippen LogP contribution in [0.1, 0.15) is 0 Å². The molecule has 21 heteroatoms. The lowest BCUT2D eigenvalue weighted by atomic mass is 9.87. The van der Waals surface area contributed by atoms with Gasteiger partial charge in [-0.15, -0.1) is 0 Å². The van der Waals surface area contributed by atoms with Crippen LogP contribution in [0, 0.1) is 6.17 Å². The van der Waals surface area contributed by atoms with Gasteiger partial charge in [0.05, 0.1) is 0 Å². The molecule has 0 aromatic carbocycles. The second-order valence-corrected chi connectivity index (χ2v) is 6.06. The average Bonchev–Trinajstić information content (AvgIpc) is 2.58. The molecule has 0 aromatic heterocycles. The van der Waals surface area contributed by atoms with E-state index in [1.54, 1.807) is 0 Å². The SMILES string of the molecule is F[C]1C(F)(F)C(F)(F)C(F)(F)C(F)(F)C(F)(F)C(F)(F)C(F)(F)C(F)(F)C(F)(F)C1(F)F. The van der Waals surface area contributed by atoms with Crippen LogP contribution in [0.2, 0.25) is 0 Å². The first-order valence-corrected chi connectivity index (χ1v) is 6.72. The first-order valence-electron chi connectivity index (χ1n) is 6.72. The Morgan fingerprint density at radius 1 is 0.250 bits per heavy atom. The van der Waals surface area contributed by atoms with E-state index in [1.165, 1.54) is 0 Å². The lowest BCUT2D eigenvalue weighted by molar-refractivity contribution is -0.460. The summed E-state index contributed by atoms with van der Waals surface area (Å²) in [5.74, 6) is -88.8. The van der Waals surface area contributed by atoms with Gasteiger partial charge < -0.3 is 0 Å². The Labute approximate surface area is 159 Å². The molecule has 0 heterocycles. The van der Waals surface area contributed by atoms with E-state index in [-0.39, 0.29) is 0 Å². The van der Waals surface area contributed by atoms with Crippen molar-refractivity contribution >= 4 is 0 Å². The van der Waals surface area contributed by atoms with Crippen LogP contribution in [-0.2, 0) is 0 Å². The van der Waals surface area contributed by atoms with Crippen molar-refractivity contribution in [3.63, 3.8) is 0 Å². The second-order valence-electron chi connectivity index (χ2n) is 6.06. The molecule has 0 N–H and O–H groups in total. The summed E-state index contributed by atoms with van der Waals surface area (Å²) < 4.78 is 277. The van der Waals surface area contributed by atoms with Crippen molar-refractivity contribution in [2.24, 2.45) is 0 Å². The lowest BCUT2D eigenvalue weighted by Gasteiger charge is -2.43. The van der Waals surface area contributed by atoms with E-state index in [2.05, 4.69) is 0 Å². The largest absolute Gasteiger partial charge is 0.385 e. The summed E-state index contributed by atoms with van der Waals surface area (Å²) >= 11 is 0. The van der Waals surface area contributed by atoms with Crippen LogP contribution >= 0.6 is 0 Å². The average molecular weight is 531 g/mol. The van der Waals surface area contributed by atoms with Gasteiger partial charge >= 0.3 is 59.2 Å². The molecule has 0 nitrogen and oxygen atoms in total. The maximum atomic E-state index is 13.2. The Morgan fingerprint density at radius 2 is 0.375 bits per heavy atom. The molecule has 0 aliphatic heterocycles. The van der Waals surface area contributed by atoms with E-state index in [1.807, 2.05) is 0 Å². The van der Waals surface area contributed by atoms with Crippen LogP contribution in [0.3, 0.4) is 0 Å². The highest BCUT2D eigenvalue weighted by atomic mass is 19.4. The van der Waals surface area contributed by atoms with Gasteiger partial charge in [-0.25, -0.2) is 4.39 Å². The highest BCUT2D eigenvalue weighted by molar-refractivity contribution is 5.26. The molecule has 1 saturated carbocycles. The van der Waals surface area contributed by atoms with E-state index in [0.29, 0.717) is 0 Å². The molecule has 191 valence electrons. The van der Waals surface area contributed by atoms with Gasteiger partial charge in [0, 0.05) is 0 Å². The second kappa shape index (κ2) is 6.35. The van der Waals surface area contributed by atoms with Crippen LogP contribution < -0.4 is 0 Å². The molecule has 1 fully saturated rings. The minimum absolute atomic E-state index is 6.14. The predicted octanol–water partition coefficient (Wildman–Crippen LogP) is 6.85. The van der Waals surface area contributed by atoms with Gasteiger partial charge in [-0.2, -0.15) is 87.8 Å². The van der Waals surface area contributed by atoms with Gasteiger partial charge in [-0.05, 0) is 0 Å². The normalized spacial score (nSPS) is 33.7. The zero-order valence-electron chi connectivity index (χ0n) is 13.4. The van der Waals surface area contributed by atoms with E-state index in [9.17, 15) is 92.2 Å². The number of rotatable bonds is 0. The summed E-state index contributed by atoms with van der Waals surface area (Å²) in [6.07, 6.45) is -6.14. The lowest BCUT2D eigenvalue weighted by Crippen LogP contribution is -2.75. The van der Waals surface area contributed by atoms with Crippen LogP contribution in [0.25, 0.3) is 0 Å². The number of alkyl halides is 20. The molecule has 0 saturated heterocycles. The van der Waals surface area contributed by atoms with E-state index >= 15 is 0 Å². The third-order valence-electron chi connectivity index (χ3n) is 4.10. The molecule has 0 aromatic rings. The zero-order valence-corrected chi connectivity index (χ0v) is 13.4. The van der Waals surface area contributed by atoms with Crippen molar-refractivity contribution in [1.29, 1.82) is 0 Å². The van der Waals surface area contributed by atoms with Crippen molar-refractivity contribution in [2.75, 3.05) is 0 Å². The van der Waals surface area contributed by atoms with Crippen molar-refractivity contribution in [3.05, 3.63) is 6.17 Å². The molecule has 0 atom stereocenters. The Kier molecular flexibility index (Phi) is 5.67. The van der Waals surface area contributed by atoms with Crippen molar-refractivity contribution < 1.29 is 92.2 Å². The maximum absolute atomic E-state index is 13.2. The number of halogens is 21. The molecule has 1 radical (unpaired) electrons. The molecular formula is C11F21. The first kappa shape index (κ1) is 28.6. The van der Waals surface area contributed by atoms with Crippen LogP contribution in [0.15, 0.2) is 0 Å². The quantitative estimate of drug-likeness (QED) is 0.300. The predicted molar refractivity (Wildman–Crippen MR) is 53.8 cm³/mol. The van der Waals surface area contributed by atoms with Crippen molar-refractivity contribution in [2.45, 2.75) is 59.2 Å².